The first-order valence-electron chi connectivity index (χ1n) is 6.60. The lowest BCUT2D eigenvalue weighted by Crippen LogP contribution is -1.88. The van der Waals surface area contributed by atoms with Crippen LogP contribution in [-0.4, -0.2) is 37.4 Å². The van der Waals surface area contributed by atoms with E-state index in [1.807, 2.05) is 0 Å². The van der Waals surface area contributed by atoms with Crippen molar-refractivity contribution in [2.75, 3.05) is 7.11 Å². The summed E-state index contributed by atoms with van der Waals surface area (Å²) in [7, 11) is 1.55. The lowest BCUT2D eigenvalue weighted by Gasteiger charge is -1.98. The van der Waals surface area contributed by atoms with Crippen molar-refractivity contribution in [3.05, 3.63) is 24.2 Å². The average Bonchev–Trinajstić information content (AvgIpc) is 3.06. The number of nitrogens with one attached hydrogen (secondary N) is 1. The molecule has 3 heterocycles. The predicted octanol–water partition coefficient (Wildman–Crippen LogP) is 1.80. The largest absolute Gasteiger partial charge is 0.481 e. The molecule has 1 saturated carbocycles. The van der Waals surface area contributed by atoms with E-state index in [-0.39, 0.29) is 0 Å². The molecular formula is C13H12N6O2. The first-order chi connectivity index (χ1) is 10.3. The Hall–Kier alpha value is -2.77. The van der Waals surface area contributed by atoms with Crippen molar-refractivity contribution >= 4 is 0 Å². The van der Waals surface area contributed by atoms with Gasteiger partial charge in [0.05, 0.1) is 7.11 Å². The van der Waals surface area contributed by atoms with Crippen LogP contribution < -0.4 is 4.74 Å². The van der Waals surface area contributed by atoms with Gasteiger partial charge in [0, 0.05) is 23.7 Å². The lowest BCUT2D eigenvalue weighted by molar-refractivity contribution is 0.397. The Morgan fingerprint density at radius 2 is 2.19 bits per heavy atom. The Bertz CT molecular complexity index is 776. The van der Waals surface area contributed by atoms with Gasteiger partial charge in [-0.3, -0.25) is 5.10 Å². The van der Waals surface area contributed by atoms with E-state index < -0.39 is 0 Å². The minimum Gasteiger partial charge on any atom is -0.481 e. The molecule has 0 spiro atoms. The number of hydrogen-bond donors (Lipinski definition) is 1. The Kier molecular flexibility index (Phi) is 2.66. The number of nitrogens with zero attached hydrogens (tertiary/aromatic N) is 5. The van der Waals surface area contributed by atoms with Gasteiger partial charge in [-0.05, 0) is 18.9 Å². The van der Waals surface area contributed by atoms with Gasteiger partial charge in [0.15, 0.2) is 0 Å². The summed E-state index contributed by atoms with van der Waals surface area (Å²) in [5, 5.41) is 11.0. The maximum Gasteiger partial charge on any atom is 0.258 e. The molecule has 0 aromatic carbocycles. The van der Waals surface area contributed by atoms with E-state index in [1.54, 1.807) is 25.4 Å². The van der Waals surface area contributed by atoms with Crippen LogP contribution in [0, 0.1) is 0 Å². The maximum atomic E-state index is 5.25. The Morgan fingerprint density at radius 3 is 3.00 bits per heavy atom. The Labute approximate surface area is 119 Å². The third-order valence-electron chi connectivity index (χ3n) is 3.28. The Morgan fingerprint density at radius 1 is 1.29 bits per heavy atom. The number of rotatable bonds is 4. The second-order valence-corrected chi connectivity index (χ2v) is 4.83. The summed E-state index contributed by atoms with van der Waals surface area (Å²) in [6.45, 7) is 0. The van der Waals surface area contributed by atoms with Gasteiger partial charge in [-0.2, -0.15) is 4.98 Å². The van der Waals surface area contributed by atoms with E-state index in [9.17, 15) is 0 Å². The fourth-order valence-corrected chi connectivity index (χ4v) is 2.00. The highest BCUT2D eigenvalue weighted by molar-refractivity contribution is 5.56. The number of hydrogen-bond acceptors (Lipinski definition) is 7. The summed E-state index contributed by atoms with van der Waals surface area (Å²) in [6, 6.07) is 3.50. The zero-order valence-corrected chi connectivity index (χ0v) is 11.3. The molecule has 1 N–H and O–H groups in total. The molecule has 0 aliphatic heterocycles. The molecule has 0 radical (unpaired) electrons. The molecule has 3 aromatic rings. The van der Waals surface area contributed by atoms with Crippen LogP contribution in [0.5, 0.6) is 5.88 Å². The third-order valence-corrected chi connectivity index (χ3v) is 3.28. The quantitative estimate of drug-likeness (QED) is 0.779. The topological polar surface area (TPSA) is 103 Å². The number of H-pyrrole nitrogens is 1. The molecule has 8 heteroatoms. The van der Waals surface area contributed by atoms with Crippen molar-refractivity contribution in [3.63, 3.8) is 0 Å². The standard InChI is InChI=1S/C13H12N6O2/c1-20-9-6-8(4-5-14-9)13-16-12(19-21-13)11-15-10(17-18-11)7-2-3-7/h4-7H,2-3H2,1H3,(H,15,17,18). The molecule has 106 valence electrons. The first kappa shape index (κ1) is 12.0. The molecule has 4 rings (SSSR count). The molecule has 8 nitrogen and oxygen atoms in total. The van der Waals surface area contributed by atoms with Gasteiger partial charge < -0.3 is 9.26 Å². The SMILES string of the molecule is COc1cc(-c2nc(-c3n[nH]c(C4CC4)n3)no2)ccn1. The highest BCUT2D eigenvalue weighted by atomic mass is 16.5. The van der Waals surface area contributed by atoms with Crippen molar-refractivity contribution in [2.45, 2.75) is 18.8 Å². The molecule has 0 atom stereocenters. The summed E-state index contributed by atoms with van der Waals surface area (Å²) >= 11 is 0. The molecule has 0 bridgehead atoms. The summed E-state index contributed by atoms with van der Waals surface area (Å²) in [4.78, 5) is 12.7. The van der Waals surface area contributed by atoms with Gasteiger partial charge in [0.1, 0.15) is 5.82 Å². The predicted molar refractivity (Wildman–Crippen MR) is 71.4 cm³/mol. The molecule has 1 fully saturated rings. The first-order valence-corrected chi connectivity index (χ1v) is 6.60. The summed E-state index contributed by atoms with van der Waals surface area (Å²) in [6.07, 6.45) is 3.93. The molecule has 0 unspecified atom stereocenters. The molecule has 1 aliphatic carbocycles. The number of ether oxygens (including phenoxy) is 1. The lowest BCUT2D eigenvalue weighted by atomic mass is 10.2. The van der Waals surface area contributed by atoms with Crippen LogP contribution in [0.2, 0.25) is 0 Å². The van der Waals surface area contributed by atoms with Gasteiger partial charge in [-0.25, -0.2) is 9.97 Å². The second kappa shape index (κ2) is 4.65. The normalized spacial score (nSPS) is 14.3. The maximum absolute atomic E-state index is 5.25. The van der Waals surface area contributed by atoms with Gasteiger partial charge >= 0.3 is 0 Å². The number of pyridine rings is 1. The number of aromatic nitrogens is 6. The van der Waals surface area contributed by atoms with Crippen molar-refractivity contribution < 1.29 is 9.26 Å². The van der Waals surface area contributed by atoms with Crippen molar-refractivity contribution in [1.82, 2.24) is 30.3 Å². The Balaban J connectivity index is 1.64. The number of aromatic amines is 1. The van der Waals surface area contributed by atoms with E-state index >= 15 is 0 Å². The fraction of sp³-hybridized carbons (Fsp3) is 0.308. The van der Waals surface area contributed by atoms with Crippen molar-refractivity contribution in [2.24, 2.45) is 0 Å². The molecular weight excluding hydrogens is 272 g/mol. The van der Waals surface area contributed by atoms with Crippen LogP contribution in [0.15, 0.2) is 22.9 Å². The summed E-state index contributed by atoms with van der Waals surface area (Å²) in [5.41, 5.74) is 0.735. The molecule has 0 amide bonds. The molecule has 1 aliphatic rings. The molecule has 3 aromatic heterocycles. The van der Waals surface area contributed by atoms with E-state index in [1.165, 1.54) is 0 Å². The number of methoxy groups -OCH3 is 1. The van der Waals surface area contributed by atoms with E-state index in [0.29, 0.717) is 29.3 Å². The minimum absolute atomic E-state index is 0.365. The van der Waals surface area contributed by atoms with Crippen molar-refractivity contribution in [3.8, 4) is 29.0 Å². The van der Waals surface area contributed by atoms with Crippen molar-refractivity contribution in [1.29, 1.82) is 0 Å². The van der Waals surface area contributed by atoms with Crippen LogP contribution in [0.3, 0.4) is 0 Å². The smallest absolute Gasteiger partial charge is 0.258 e. The van der Waals surface area contributed by atoms with Crippen LogP contribution in [0.25, 0.3) is 23.1 Å². The van der Waals surface area contributed by atoms with Crippen LogP contribution in [0.4, 0.5) is 0 Å². The van der Waals surface area contributed by atoms with Gasteiger partial charge in [0.25, 0.3) is 5.89 Å². The van der Waals surface area contributed by atoms with E-state index in [2.05, 4.69) is 30.3 Å². The highest BCUT2D eigenvalue weighted by Crippen LogP contribution is 2.38. The monoisotopic (exact) mass is 284 g/mol. The highest BCUT2D eigenvalue weighted by Gasteiger charge is 2.28. The van der Waals surface area contributed by atoms with Crippen LogP contribution >= 0.6 is 0 Å². The minimum atomic E-state index is 0.365. The summed E-state index contributed by atoms with van der Waals surface area (Å²) < 4.78 is 10.3. The van der Waals surface area contributed by atoms with Crippen LogP contribution in [0.1, 0.15) is 24.6 Å². The van der Waals surface area contributed by atoms with Gasteiger partial charge in [-0.15, -0.1) is 5.10 Å². The van der Waals surface area contributed by atoms with Crippen LogP contribution in [-0.2, 0) is 0 Å². The van der Waals surface area contributed by atoms with Gasteiger partial charge in [0.2, 0.25) is 17.5 Å². The third kappa shape index (κ3) is 2.24. The fourth-order valence-electron chi connectivity index (χ4n) is 2.00. The summed E-state index contributed by atoms with van der Waals surface area (Å²) in [5.74, 6) is 3.07. The molecule has 0 saturated heterocycles. The van der Waals surface area contributed by atoms with E-state index in [0.717, 1.165) is 24.2 Å². The molecule has 21 heavy (non-hydrogen) atoms. The average molecular weight is 284 g/mol. The second-order valence-electron chi connectivity index (χ2n) is 4.83. The van der Waals surface area contributed by atoms with E-state index in [4.69, 9.17) is 9.26 Å². The zero-order valence-electron chi connectivity index (χ0n) is 11.3. The zero-order chi connectivity index (χ0) is 14.2. The van der Waals surface area contributed by atoms with Gasteiger partial charge in [-0.1, -0.05) is 5.16 Å².